The molecule has 1 aliphatic carbocycles. The molecule has 1 atom stereocenters. The fourth-order valence-corrected chi connectivity index (χ4v) is 3.42. The molecule has 1 aliphatic rings. The fraction of sp³-hybridized carbons (Fsp3) is 0.364. The molecule has 0 saturated heterocycles. The van der Waals surface area contributed by atoms with Crippen molar-refractivity contribution in [1.82, 2.24) is 5.32 Å². The number of aliphatic hydroxyl groups is 2. The molecule has 0 unspecified atom stereocenters. The highest BCUT2D eigenvalue weighted by Gasteiger charge is 2.23. The molecule has 2 aromatic carbocycles. The van der Waals surface area contributed by atoms with Gasteiger partial charge in [0.15, 0.2) is 0 Å². The van der Waals surface area contributed by atoms with Gasteiger partial charge in [0.25, 0.3) is 11.8 Å². The number of rotatable bonds is 6. The van der Waals surface area contributed by atoms with Gasteiger partial charge in [0, 0.05) is 12.5 Å². The Labute approximate surface area is 164 Å². The van der Waals surface area contributed by atoms with Crippen LogP contribution >= 0.6 is 0 Å². The van der Waals surface area contributed by atoms with Crippen molar-refractivity contribution in [2.24, 2.45) is 0 Å². The molecule has 2 amide bonds. The number of hydrogen-bond donors (Lipinski definition) is 4. The standard InChI is InChI=1S/C22H26N2O4/c25-17-12-10-16(11-13-17)23-21(27)18-8-4-5-9-19(18)24-22(28)20(26)14-15-6-2-1-3-7-15/h1-9,16-17,20,25-26H,10-14H2,(H,23,27)(H,24,28)/t16?,17?,20-/m0/s1. The van der Waals surface area contributed by atoms with Crippen LogP contribution in [0.4, 0.5) is 5.69 Å². The second-order valence-electron chi connectivity index (χ2n) is 7.22. The van der Waals surface area contributed by atoms with Crippen LogP contribution in [0.25, 0.3) is 0 Å². The van der Waals surface area contributed by atoms with E-state index in [1.807, 2.05) is 30.3 Å². The first-order valence-corrected chi connectivity index (χ1v) is 9.63. The van der Waals surface area contributed by atoms with E-state index < -0.39 is 12.0 Å². The average Bonchev–Trinajstić information content (AvgIpc) is 2.71. The SMILES string of the molecule is O=C(NC1CCC(O)CC1)c1ccccc1NC(=O)[C@@H](O)Cc1ccccc1. The summed E-state index contributed by atoms with van der Waals surface area (Å²) in [5.74, 6) is -0.820. The number of hydrogen-bond acceptors (Lipinski definition) is 4. The molecule has 4 N–H and O–H groups in total. The molecule has 1 saturated carbocycles. The molecule has 2 aromatic rings. The Kier molecular flexibility index (Phi) is 6.79. The number of anilines is 1. The van der Waals surface area contributed by atoms with Gasteiger partial charge >= 0.3 is 0 Å². The number of amides is 2. The monoisotopic (exact) mass is 382 g/mol. The predicted octanol–water partition coefficient (Wildman–Crippen LogP) is 2.26. The van der Waals surface area contributed by atoms with Gasteiger partial charge < -0.3 is 20.8 Å². The second kappa shape index (κ2) is 9.48. The summed E-state index contributed by atoms with van der Waals surface area (Å²) < 4.78 is 0. The van der Waals surface area contributed by atoms with Crippen molar-refractivity contribution in [2.45, 2.75) is 50.4 Å². The van der Waals surface area contributed by atoms with Crippen LogP contribution < -0.4 is 10.6 Å². The average molecular weight is 382 g/mol. The van der Waals surface area contributed by atoms with Crippen LogP contribution in [-0.2, 0) is 11.2 Å². The highest BCUT2D eigenvalue weighted by atomic mass is 16.3. The number of aliphatic hydroxyl groups excluding tert-OH is 2. The van der Waals surface area contributed by atoms with Gasteiger partial charge in [-0.25, -0.2) is 0 Å². The molecule has 148 valence electrons. The third-order valence-corrected chi connectivity index (χ3v) is 5.04. The molecular formula is C22H26N2O4. The van der Waals surface area contributed by atoms with Gasteiger partial charge in [-0.15, -0.1) is 0 Å². The van der Waals surface area contributed by atoms with E-state index in [4.69, 9.17) is 0 Å². The first kappa shape index (κ1) is 20.0. The van der Waals surface area contributed by atoms with Gasteiger partial charge in [0.05, 0.1) is 17.4 Å². The van der Waals surface area contributed by atoms with Crippen LogP contribution in [0.3, 0.4) is 0 Å². The summed E-state index contributed by atoms with van der Waals surface area (Å²) in [6.07, 6.45) is 1.52. The lowest BCUT2D eigenvalue weighted by molar-refractivity contribution is -0.123. The molecule has 3 rings (SSSR count). The Bertz CT molecular complexity index is 801. The van der Waals surface area contributed by atoms with Crippen molar-refractivity contribution in [1.29, 1.82) is 0 Å². The van der Waals surface area contributed by atoms with Crippen molar-refractivity contribution in [3.8, 4) is 0 Å². The molecule has 0 aromatic heterocycles. The minimum absolute atomic E-state index is 0.0170. The van der Waals surface area contributed by atoms with Gasteiger partial charge in [0.2, 0.25) is 0 Å². The Morgan fingerprint density at radius 2 is 1.61 bits per heavy atom. The van der Waals surface area contributed by atoms with Gasteiger partial charge in [0.1, 0.15) is 6.10 Å². The van der Waals surface area contributed by atoms with E-state index in [0.29, 0.717) is 24.1 Å². The zero-order chi connectivity index (χ0) is 19.9. The lowest BCUT2D eigenvalue weighted by atomic mass is 9.93. The van der Waals surface area contributed by atoms with Crippen molar-refractivity contribution >= 4 is 17.5 Å². The molecule has 0 aliphatic heterocycles. The summed E-state index contributed by atoms with van der Waals surface area (Å²) in [5, 5.41) is 25.4. The Morgan fingerprint density at radius 1 is 0.964 bits per heavy atom. The number of carbonyl (C=O) groups is 2. The van der Waals surface area contributed by atoms with Gasteiger partial charge in [-0.3, -0.25) is 9.59 Å². The molecule has 6 nitrogen and oxygen atoms in total. The lowest BCUT2D eigenvalue weighted by Gasteiger charge is -2.26. The maximum atomic E-state index is 12.7. The zero-order valence-corrected chi connectivity index (χ0v) is 15.7. The van der Waals surface area contributed by atoms with E-state index in [1.165, 1.54) is 0 Å². The summed E-state index contributed by atoms with van der Waals surface area (Å²) in [4.78, 5) is 25.1. The fourth-order valence-electron chi connectivity index (χ4n) is 3.42. The number of para-hydroxylation sites is 1. The lowest BCUT2D eigenvalue weighted by Crippen LogP contribution is -2.39. The Morgan fingerprint density at radius 3 is 2.32 bits per heavy atom. The Hall–Kier alpha value is -2.70. The Balaban J connectivity index is 1.62. The third-order valence-electron chi connectivity index (χ3n) is 5.04. The van der Waals surface area contributed by atoms with Crippen LogP contribution in [-0.4, -0.2) is 40.3 Å². The largest absolute Gasteiger partial charge is 0.393 e. The quantitative estimate of drug-likeness (QED) is 0.616. The summed E-state index contributed by atoms with van der Waals surface area (Å²) in [6, 6.07) is 16.0. The van der Waals surface area contributed by atoms with Gasteiger partial charge in [-0.2, -0.15) is 0 Å². The van der Waals surface area contributed by atoms with Crippen molar-refractivity contribution in [3.05, 3.63) is 65.7 Å². The van der Waals surface area contributed by atoms with E-state index in [0.717, 1.165) is 18.4 Å². The maximum absolute atomic E-state index is 12.7. The van der Waals surface area contributed by atoms with Gasteiger partial charge in [-0.05, 0) is 43.4 Å². The van der Waals surface area contributed by atoms with Crippen molar-refractivity contribution < 1.29 is 19.8 Å². The predicted molar refractivity (Wildman–Crippen MR) is 107 cm³/mol. The van der Waals surface area contributed by atoms with Crippen molar-refractivity contribution in [3.63, 3.8) is 0 Å². The minimum Gasteiger partial charge on any atom is -0.393 e. The minimum atomic E-state index is -1.21. The van der Waals surface area contributed by atoms with Crippen LogP contribution in [0, 0.1) is 0 Å². The summed E-state index contributed by atoms with van der Waals surface area (Å²) in [7, 11) is 0. The topological polar surface area (TPSA) is 98.7 Å². The number of benzene rings is 2. The molecule has 28 heavy (non-hydrogen) atoms. The number of carbonyl (C=O) groups excluding carboxylic acids is 2. The van der Waals surface area contributed by atoms with E-state index in [-0.39, 0.29) is 24.5 Å². The summed E-state index contributed by atoms with van der Waals surface area (Å²) >= 11 is 0. The second-order valence-corrected chi connectivity index (χ2v) is 7.22. The highest BCUT2D eigenvalue weighted by molar-refractivity contribution is 6.04. The van der Waals surface area contributed by atoms with E-state index in [1.54, 1.807) is 24.3 Å². The normalized spacial score (nSPS) is 20.2. The maximum Gasteiger partial charge on any atom is 0.253 e. The van der Waals surface area contributed by atoms with Crippen LogP contribution in [0.1, 0.15) is 41.6 Å². The molecular weight excluding hydrogens is 356 g/mol. The molecule has 6 heteroatoms. The summed E-state index contributed by atoms with van der Waals surface area (Å²) in [6.45, 7) is 0. The highest BCUT2D eigenvalue weighted by Crippen LogP contribution is 2.21. The van der Waals surface area contributed by atoms with Crippen LogP contribution in [0.2, 0.25) is 0 Å². The van der Waals surface area contributed by atoms with E-state index in [9.17, 15) is 19.8 Å². The molecule has 1 fully saturated rings. The van der Waals surface area contributed by atoms with Crippen LogP contribution in [0.5, 0.6) is 0 Å². The number of nitrogens with one attached hydrogen (secondary N) is 2. The van der Waals surface area contributed by atoms with E-state index >= 15 is 0 Å². The molecule has 0 spiro atoms. The van der Waals surface area contributed by atoms with Crippen molar-refractivity contribution in [2.75, 3.05) is 5.32 Å². The smallest absolute Gasteiger partial charge is 0.253 e. The molecule has 0 heterocycles. The first-order valence-electron chi connectivity index (χ1n) is 9.63. The van der Waals surface area contributed by atoms with Gasteiger partial charge in [-0.1, -0.05) is 42.5 Å². The third kappa shape index (κ3) is 5.41. The zero-order valence-electron chi connectivity index (χ0n) is 15.7. The van der Waals surface area contributed by atoms with Crippen LogP contribution in [0.15, 0.2) is 54.6 Å². The molecule has 0 bridgehead atoms. The first-order chi connectivity index (χ1) is 13.5. The molecule has 0 radical (unpaired) electrons. The summed E-state index contributed by atoms with van der Waals surface area (Å²) in [5.41, 5.74) is 1.58. The van der Waals surface area contributed by atoms with E-state index in [2.05, 4.69) is 10.6 Å².